The Labute approximate surface area is 169 Å². The summed E-state index contributed by atoms with van der Waals surface area (Å²) in [4.78, 5) is 21.9. The topological polar surface area (TPSA) is 49.6 Å². The van der Waals surface area contributed by atoms with Crippen LogP contribution in [0.5, 0.6) is 0 Å². The molecule has 1 fully saturated rings. The second-order valence-corrected chi connectivity index (χ2v) is 8.15. The van der Waals surface area contributed by atoms with Gasteiger partial charge in [-0.15, -0.1) is 0 Å². The molecule has 0 N–H and O–H groups in total. The van der Waals surface area contributed by atoms with Gasteiger partial charge in [-0.05, 0) is 30.9 Å². The summed E-state index contributed by atoms with van der Waals surface area (Å²) in [6.45, 7) is 7.47. The molecule has 1 unspecified atom stereocenters. The van der Waals surface area contributed by atoms with Crippen molar-refractivity contribution in [2.45, 2.75) is 32.9 Å². The number of piperazine rings is 1. The van der Waals surface area contributed by atoms with Crippen LogP contribution in [0.2, 0.25) is 0 Å². The van der Waals surface area contributed by atoms with E-state index in [-0.39, 0.29) is 11.9 Å². The van der Waals surface area contributed by atoms with Crippen molar-refractivity contribution >= 4 is 17.2 Å². The Balaban J connectivity index is 1.37. The number of carbonyl (C=O) groups is 1. The number of aryl methyl sites for hydroxylation is 1. The standard InChI is InChI=1S/C22H25N3O2S/c1-16-13-24(14-18-6-4-3-5-7-18)9-10-25(16)21(26)12-20-17(2)27-22(23-20)19-8-11-28-15-19/h3-8,11,15-16H,9-10,12-14H2,1-2H3. The lowest BCUT2D eigenvalue weighted by atomic mass is 10.1. The molecule has 4 rings (SSSR count). The fourth-order valence-corrected chi connectivity index (χ4v) is 4.36. The monoisotopic (exact) mass is 395 g/mol. The Bertz CT molecular complexity index is 921. The number of amides is 1. The molecule has 0 saturated carbocycles. The van der Waals surface area contributed by atoms with Crippen LogP contribution in [-0.4, -0.2) is 46.4 Å². The smallest absolute Gasteiger partial charge is 0.229 e. The summed E-state index contributed by atoms with van der Waals surface area (Å²) in [5.41, 5.74) is 3.02. The van der Waals surface area contributed by atoms with Gasteiger partial charge in [0.15, 0.2) is 0 Å². The fraction of sp³-hybridized carbons (Fsp3) is 0.364. The Morgan fingerprint density at radius 3 is 2.79 bits per heavy atom. The van der Waals surface area contributed by atoms with E-state index in [2.05, 4.69) is 41.1 Å². The van der Waals surface area contributed by atoms with Crippen molar-refractivity contribution in [1.29, 1.82) is 0 Å². The van der Waals surface area contributed by atoms with E-state index >= 15 is 0 Å². The van der Waals surface area contributed by atoms with Crippen LogP contribution >= 0.6 is 11.3 Å². The zero-order valence-electron chi connectivity index (χ0n) is 16.3. The van der Waals surface area contributed by atoms with Crippen molar-refractivity contribution in [3.63, 3.8) is 0 Å². The van der Waals surface area contributed by atoms with Crippen LogP contribution in [0.3, 0.4) is 0 Å². The average molecular weight is 396 g/mol. The predicted molar refractivity (Wildman–Crippen MR) is 111 cm³/mol. The van der Waals surface area contributed by atoms with Gasteiger partial charge in [0.05, 0.1) is 12.1 Å². The molecule has 3 aromatic rings. The van der Waals surface area contributed by atoms with Crippen molar-refractivity contribution in [3.8, 4) is 11.5 Å². The second-order valence-electron chi connectivity index (χ2n) is 7.37. The van der Waals surface area contributed by atoms with Gasteiger partial charge in [0.1, 0.15) is 5.76 Å². The molecular formula is C22H25N3O2S. The first-order valence-electron chi connectivity index (χ1n) is 9.65. The highest BCUT2D eigenvalue weighted by Gasteiger charge is 2.28. The molecule has 28 heavy (non-hydrogen) atoms. The summed E-state index contributed by atoms with van der Waals surface area (Å²) in [5.74, 6) is 1.45. The normalized spacial score (nSPS) is 17.8. The van der Waals surface area contributed by atoms with Crippen molar-refractivity contribution in [3.05, 3.63) is 64.2 Å². The minimum absolute atomic E-state index is 0.125. The lowest BCUT2D eigenvalue weighted by Gasteiger charge is -2.40. The number of benzene rings is 1. The van der Waals surface area contributed by atoms with E-state index in [0.717, 1.165) is 43.2 Å². The molecule has 2 aromatic heterocycles. The summed E-state index contributed by atoms with van der Waals surface area (Å²) in [6, 6.07) is 12.7. The number of rotatable bonds is 5. The van der Waals surface area contributed by atoms with E-state index in [0.29, 0.717) is 12.3 Å². The highest BCUT2D eigenvalue weighted by Crippen LogP contribution is 2.24. The van der Waals surface area contributed by atoms with Gasteiger partial charge in [-0.1, -0.05) is 30.3 Å². The van der Waals surface area contributed by atoms with E-state index in [1.54, 1.807) is 11.3 Å². The minimum atomic E-state index is 0.125. The van der Waals surface area contributed by atoms with Crippen LogP contribution in [0.4, 0.5) is 0 Å². The van der Waals surface area contributed by atoms with Gasteiger partial charge in [0.25, 0.3) is 0 Å². The van der Waals surface area contributed by atoms with Gasteiger partial charge in [0.2, 0.25) is 11.8 Å². The summed E-state index contributed by atoms with van der Waals surface area (Å²) in [6.07, 6.45) is 0.294. The highest BCUT2D eigenvalue weighted by molar-refractivity contribution is 7.08. The van der Waals surface area contributed by atoms with Crippen LogP contribution in [0.25, 0.3) is 11.5 Å². The second kappa shape index (κ2) is 8.29. The molecule has 146 valence electrons. The maximum atomic E-state index is 12.9. The molecule has 1 saturated heterocycles. The van der Waals surface area contributed by atoms with E-state index in [9.17, 15) is 4.79 Å². The van der Waals surface area contributed by atoms with Crippen LogP contribution < -0.4 is 0 Å². The van der Waals surface area contributed by atoms with Gasteiger partial charge < -0.3 is 9.32 Å². The number of aromatic nitrogens is 1. The number of thiophene rings is 1. The van der Waals surface area contributed by atoms with E-state index < -0.39 is 0 Å². The maximum absolute atomic E-state index is 12.9. The third-order valence-electron chi connectivity index (χ3n) is 5.26. The van der Waals surface area contributed by atoms with Crippen LogP contribution in [0.15, 0.2) is 51.6 Å². The van der Waals surface area contributed by atoms with Crippen LogP contribution in [-0.2, 0) is 17.8 Å². The van der Waals surface area contributed by atoms with Crippen LogP contribution in [0, 0.1) is 6.92 Å². The van der Waals surface area contributed by atoms with E-state index in [1.165, 1.54) is 5.56 Å². The zero-order valence-corrected chi connectivity index (χ0v) is 17.1. The quantitative estimate of drug-likeness (QED) is 0.656. The number of nitrogens with zero attached hydrogens (tertiary/aromatic N) is 3. The summed E-state index contributed by atoms with van der Waals surface area (Å²) >= 11 is 1.61. The molecule has 5 nitrogen and oxygen atoms in total. The molecule has 6 heteroatoms. The predicted octanol–water partition coefficient (Wildman–Crippen LogP) is 3.99. The summed E-state index contributed by atoms with van der Waals surface area (Å²) < 4.78 is 5.77. The SMILES string of the molecule is Cc1oc(-c2ccsc2)nc1CC(=O)N1CCN(Cc2ccccc2)CC1C. The van der Waals surface area contributed by atoms with Crippen molar-refractivity contribution in [1.82, 2.24) is 14.8 Å². The molecule has 1 aliphatic rings. The molecule has 0 spiro atoms. The third kappa shape index (κ3) is 4.18. The number of hydrogen-bond acceptors (Lipinski definition) is 5. The molecule has 0 radical (unpaired) electrons. The molecular weight excluding hydrogens is 370 g/mol. The first-order chi connectivity index (χ1) is 13.6. The van der Waals surface area contributed by atoms with Gasteiger partial charge in [-0.2, -0.15) is 11.3 Å². The lowest BCUT2D eigenvalue weighted by molar-refractivity contribution is -0.135. The zero-order chi connectivity index (χ0) is 19.5. The van der Waals surface area contributed by atoms with Crippen molar-refractivity contribution in [2.24, 2.45) is 0 Å². The molecule has 0 aliphatic carbocycles. The van der Waals surface area contributed by atoms with Gasteiger partial charge in [-0.25, -0.2) is 4.98 Å². The number of hydrogen-bond donors (Lipinski definition) is 0. The Morgan fingerprint density at radius 1 is 1.25 bits per heavy atom. The molecule has 1 aromatic carbocycles. The number of oxazole rings is 1. The average Bonchev–Trinajstić information content (AvgIpc) is 3.33. The van der Waals surface area contributed by atoms with Crippen molar-refractivity contribution in [2.75, 3.05) is 19.6 Å². The summed E-state index contributed by atoms with van der Waals surface area (Å²) in [7, 11) is 0. The largest absolute Gasteiger partial charge is 0.441 e. The highest BCUT2D eigenvalue weighted by atomic mass is 32.1. The summed E-state index contributed by atoms with van der Waals surface area (Å²) in [5, 5.41) is 4.00. The van der Waals surface area contributed by atoms with E-state index in [4.69, 9.17) is 4.42 Å². The molecule has 1 atom stereocenters. The first-order valence-corrected chi connectivity index (χ1v) is 10.6. The van der Waals surface area contributed by atoms with Gasteiger partial charge in [0, 0.05) is 43.2 Å². The lowest BCUT2D eigenvalue weighted by Crippen LogP contribution is -2.54. The molecule has 1 aliphatic heterocycles. The number of carbonyl (C=O) groups excluding carboxylic acids is 1. The van der Waals surface area contributed by atoms with Gasteiger partial charge in [-0.3, -0.25) is 9.69 Å². The van der Waals surface area contributed by atoms with Gasteiger partial charge >= 0.3 is 0 Å². The molecule has 3 heterocycles. The minimum Gasteiger partial charge on any atom is -0.441 e. The Morgan fingerprint density at radius 2 is 2.07 bits per heavy atom. The van der Waals surface area contributed by atoms with Crippen molar-refractivity contribution < 1.29 is 9.21 Å². The Kier molecular flexibility index (Phi) is 5.59. The first kappa shape index (κ1) is 18.9. The molecule has 0 bridgehead atoms. The maximum Gasteiger partial charge on any atom is 0.229 e. The van der Waals surface area contributed by atoms with Crippen LogP contribution in [0.1, 0.15) is 23.9 Å². The van der Waals surface area contributed by atoms with E-state index in [1.807, 2.05) is 34.7 Å². The third-order valence-corrected chi connectivity index (χ3v) is 5.94. The Hall–Kier alpha value is -2.44. The fourth-order valence-electron chi connectivity index (χ4n) is 3.74. The molecule has 1 amide bonds.